The van der Waals surface area contributed by atoms with Gasteiger partial charge in [0.1, 0.15) is 0 Å². The summed E-state index contributed by atoms with van der Waals surface area (Å²) < 4.78 is 5.38. The summed E-state index contributed by atoms with van der Waals surface area (Å²) in [7, 11) is 0. The van der Waals surface area contributed by atoms with Gasteiger partial charge in [0.2, 0.25) is 0 Å². The topological polar surface area (TPSA) is 52.1 Å². The number of ether oxygens (including phenoxy) is 1. The van der Waals surface area contributed by atoms with Gasteiger partial charge in [0.25, 0.3) is 0 Å². The molecule has 0 unspecified atom stereocenters. The van der Waals surface area contributed by atoms with Crippen LogP contribution in [0, 0.1) is 0 Å². The molecular weight excluding hydrogens is 417 g/mol. The first-order chi connectivity index (χ1) is 11.2. The fourth-order valence-corrected chi connectivity index (χ4v) is 3.04. The maximum atomic E-state index is 5.38. The van der Waals surface area contributed by atoms with Crippen molar-refractivity contribution >= 4 is 29.9 Å². The van der Waals surface area contributed by atoms with Crippen molar-refractivity contribution in [2.75, 3.05) is 59.0 Å². The number of rotatable bonds is 9. The number of morpholine rings is 1. The molecule has 0 bridgehead atoms. The van der Waals surface area contributed by atoms with Gasteiger partial charge in [0.15, 0.2) is 5.96 Å². The van der Waals surface area contributed by atoms with Gasteiger partial charge in [-0.25, -0.2) is 0 Å². The van der Waals surface area contributed by atoms with Gasteiger partial charge in [-0.2, -0.15) is 0 Å². The molecule has 0 radical (unpaired) electrons. The molecule has 6 nitrogen and oxygen atoms in total. The summed E-state index contributed by atoms with van der Waals surface area (Å²) in [4.78, 5) is 9.73. The lowest BCUT2D eigenvalue weighted by Gasteiger charge is -2.27. The number of guanidine groups is 1. The minimum atomic E-state index is 0. The monoisotopic (exact) mass is 453 g/mol. The highest BCUT2D eigenvalue weighted by Crippen LogP contribution is 2.27. The average Bonchev–Trinajstić information content (AvgIpc) is 3.37. The zero-order valence-corrected chi connectivity index (χ0v) is 17.9. The fraction of sp³-hybridized carbons (Fsp3) is 0.941. The molecule has 2 N–H and O–H groups in total. The van der Waals surface area contributed by atoms with E-state index < -0.39 is 0 Å². The van der Waals surface area contributed by atoms with E-state index >= 15 is 0 Å². The van der Waals surface area contributed by atoms with Crippen molar-refractivity contribution < 1.29 is 4.74 Å². The van der Waals surface area contributed by atoms with E-state index in [0.717, 1.165) is 71.0 Å². The van der Waals surface area contributed by atoms with Crippen LogP contribution in [0.3, 0.4) is 0 Å². The van der Waals surface area contributed by atoms with E-state index in [1.54, 1.807) is 0 Å². The molecule has 2 fully saturated rings. The summed E-state index contributed by atoms with van der Waals surface area (Å²) in [5.41, 5.74) is 0. The van der Waals surface area contributed by atoms with Crippen molar-refractivity contribution in [2.24, 2.45) is 4.99 Å². The quantitative estimate of drug-likeness (QED) is 0.314. The van der Waals surface area contributed by atoms with Crippen LogP contribution in [-0.2, 0) is 4.74 Å². The smallest absolute Gasteiger partial charge is 0.191 e. The summed E-state index contributed by atoms with van der Waals surface area (Å²) in [6.45, 7) is 15.3. The Morgan fingerprint density at radius 3 is 2.54 bits per heavy atom. The molecule has 0 aromatic rings. The molecule has 1 saturated carbocycles. The molecular formula is C17H36IN5O. The lowest BCUT2D eigenvalue weighted by Crippen LogP contribution is -2.44. The van der Waals surface area contributed by atoms with Crippen molar-refractivity contribution in [3.8, 4) is 0 Å². The molecule has 24 heavy (non-hydrogen) atoms. The van der Waals surface area contributed by atoms with E-state index in [2.05, 4.69) is 41.2 Å². The Morgan fingerprint density at radius 1 is 1.25 bits per heavy atom. The Hall–Kier alpha value is -0.120. The zero-order valence-electron chi connectivity index (χ0n) is 15.6. The van der Waals surface area contributed by atoms with Crippen LogP contribution in [-0.4, -0.2) is 86.9 Å². The number of hydrogen-bond acceptors (Lipinski definition) is 4. The number of hydrogen-bond donors (Lipinski definition) is 2. The van der Waals surface area contributed by atoms with Crippen LogP contribution in [0.15, 0.2) is 4.99 Å². The third kappa shape index (κ3) is 8.31. The second-order valence-electron chi connectivity index (χ2n) is 6.70. The molecule has 0 aromatic heterocycles. The molecule has 2 aliphatic rings. The Balaban J connectivity index is 0.00000288. The first-order valence-electron chi connectivity index (χ1n) is 9.28. The van der Waals surface area contributed by atoms with Gasteiger partial charge in [-0.3, -0.25) is 14.8 Å². The van der Waals surface area contributed by atoms with Crippen LogP contribution < -0.4 is 10.6 Å². The average molecular weight is 453 g/mol. The van der Waals surface area contributed by atoms with Crippen molar-refractivity contribution in [1.29, 1.82) is 0 Å². The lowest BCUT2D eigenvalue weighted by molar-refractivity contribution is 0.0394. The van der Waals surface area contributed by atoms with Crippen LogP contribution in [0.5, 0.6) is 0 Å². The number of nitrogens with one attached hydrogen (secondary N) is 2. The molecule has 1 heterocycles. The van der Waals surface area contributed by atoms with Gasteiger partial charge < -0.3 is 15.4 Å². The summed E-state index contributed by atoms with van der Waals surface area (Å²) in [5.74, 6) is 0.945. The van der Waals surface area contributed by atoms with Crippen LogP contribution in [0.25, 0.3) is 0 Å². The van der Waals surface area contributed by atoms with Crippen molar-refractivity contribution in [3.05, 3.63) is 0 Å². The first-order valence-corrected chi connectivity index (χ1v) is 9.28. The normalized spacial score (nSPS) is 19.5. The molecule has 0 spiro atoms. The third-order valence-electron chi connectivity index (χ3n) is 4.48. The molecule has 0 aromatic carbocycles. The van der Waals surface area contributed by atoms with Crippen LogP contribution in [0.2, 0.25) is 0 Å². The molecule has 1 aliphatic heterocycles. The highest BCUT2D eigenvalue weighted by Gasteiger charge is 2.30. The number of aliphatic imine (C=N–C) groups is 1. The summed E-state index contributed by atoms with van der Waals surface area (Å²) in [5, 5.41) is 6.83. The van der Waals surface area contributed by atoms with E-state index in [4.69, 9.17) is 9.73 Å². The van der Waals surface area contributed by atoms with Crippen LogP contribution >= 0.6 is 24.0 Å². The largest absolute Gasteiger partial charge is 0.379 e. The van der Waals surface area contributed by atoms with Crippen LogP contribution in [0.1, 0.15) is 33.6 Å². The second kappa shape index (κ2) is 12.3. The Morgan fingerprint density at radius 2 is 1.96 bits per heavy atom. The molecule has 142 valence electrons. The predicted molar refractivity (Wildman–Crippen MR) is 112 cm³/mol. The standard InChI is InChI=1S/C17H35N5O.HI/c1-4-18-17(19-7-9-21-11-13-23-14-12-21)20-8-10-22(15(2)3)16-5-6-16;/h15-16H,4-14H2,1-3H3,(H2,18,19,20);1H. The van der Waals surface area contributed by atoms with Gasteiger partial charge in [-0.1, -0.05) is 0 Å². The number of halogens is 1. The van der Waals surface area contributed by atoms with Crippen molar-refractivity contribution in [3.63, 3.8) is 0 Å². The molecule has 2 rings (SSSR count). The number of nitrogens with zero attached hydrogens (tertiary/aromatic N) is 3. The predicted octanol–water partition coefficient (Wildman–Crippen LogP) is 1.36. The van der Waals surface area contributed by atoms with E-state index in [1.807, 2.05) is 0 Å². The minimum absolute atomic E-state index is 0. The lowest BCUT2D eigenvalue weighted by atomic mass is 10.3. The maximum Gasteiger partial charge on any atom is 0.191 e. The van der Waals surface area contributed by atoms with Crippen LogP contribution in [0.4, 0.5) is 0 Å². The fourth-order valence-electron chi connectivity index (χ4n) is 3.04. The van der Waals surface area contributed by atoms with E-state index in [0.29, 0.717) is 6.04 Å². The van der Waals surface area contributed by atoms with Gasteiger partial charge >= 0.3 is 0 Å². The van der Waals surface area contributed by atoms with Crippen molar-refractivity contribution in [2.45, 2.75) is 45.7 Å². The van der Waals surface area contributed by atoms with Gasteiger partial charge in [-0.05, 0) is 33.6 Å². The first kappa shape index (κ1) is 21.9. The third-order valence-corrected chi connectivity index (χ3v) is 4.48. The zero-order chi connectivity index (χ0) is 16.5. The highest BCUT2D eigenvalue weighted by molar-refractivity contribution is 14.0. The minimum Gasteiger partial charge on any atom is -0.379 e. The summed E-state index contributed by atoms with van der Waals surface area (Å²) in [6, 6.07) is 1.45. The molecule has 0 amide bonds. The molecule has 1 aliphatic carbocycles. The summed E-state index contributed by atoms with van der Waals surface area (Å²) >= 11 is 0. The summed E-state index contributed by atoms with van der Waals surface area (Å²) in [6.07, 6.45) is 2.73. The maximum absolute atomic E-state index is 5.38. The van der Waals surface area contributed by atoms with Gasteiger partial charge in [0.05, 0.1) is 19.8 Å². The molecule has 7 heteroatoms. The SMILES string of the molecule is CCNC(=NCCN1CCOCC1)NCCN(C(C)C)C1CC1.I. The molecule has 1 saturated heterocycles. The van der Waals surface area contributed by atoms with Crippen molar-refractivity contribution in [1.82, 2.24) is 20.4 Å². The highest BCUT2D eigenvalue weighted by atomic mass is 127. The Labute approximate surface area is 164 Å². The Kier molecular flexibility index (Phi) is 11.2. The van der Waals surface area contributed by atoms with E-state index in [1.165, 1.54) is 12.8 Å². The Bertz CT molecular complexity index is 355. The van der Waals surface area contributed by atoms with E-state index in [9.17, 15) is 0 Å². The molecule has 0 atom stereocenters. The van der Waals surface area contributed by atoms with Gasteiger partial charge in [-0.15, -0.1) is 24.0 Å². The second-order valence-corrected chi connectivity index (χ2v) is 6.70. The van der Waals surface area contributed by atoms with E-state index in [-0.39, 0.29) is 24.0 Å². The van der Waals surface area contributed by atoms with Gasteiger partial charge in [0, 0.05) is 51.4 Å².